The number of pyridine rings is 2. The summed E-state index contributed by atoms with van der Waals surface area (Å²) in [6.07, 6.45) is 3.63. The molecule has 2 heterocycles. The van der Waals surface area contributed by atoms with E-state index in [0.717, 1.165) is 6.20 Å². The lowest BCUT2D eigenvalue weighted by Crippen LogP contribution is -2.15. The summed E-state index contributed by atoms with van der Waals surface area (Å²) in [4.78, 5) is 28.4. The second-order valence-corrected chi connectivity index (χ2v) is 3.25. The highest BCUT2D eigenvalue weighted by atomic mass is 19.1. The molecule has 0 saturated carbocycles. The van der Waals surface area contributed by atoms with Crippen LogP contribution in [0.1, 0.15) is 10.4 Å². The van der Waals surface area contributed by atoms with E-state index in [1.165, 1.54) is 30.6 Å². The van der Waals surface area contributed by atoms with Crippen molar-refractivity contribution >= 4 is 11.6 Å². The summed E-state index contributed by atoms with van der Waals surface area (Å²) in [5.74, 6) is -1.13. The summed E-state index contributed by atoms with van der Waals surface area (Å²) >= 11 is 0. The first kappa shape index (κ1) is 11.0. The van der Waals surface area contributed by atoms with Crippen molar-refractivity contribution in [3.05, 3.63) is 58.5 Å². The molecule has 17 heavy (non-hydrogen) atoms. The van der Waals surface area contributed by atoms with Crippen molar-refractivity contribution in [1.82, 2.24) is 9.97 Å². The molecule has 0 radical (unpaired) electrons. The van der Waals surface area contributed by atoms with Crippen molar-refractivity contribution in [2.45, 2.75) is 0 Å². The van der Waals surface area contributed by atoms with Crippen LogP contribution in [0.2, 0.25) is 0 Å². The maximum absolute atomic E-state index is 13.2. The smallest absolute Gasteiger partial charge is 0.257 e. The van der Waals surface area contributed by atoms with Crippen molar-refractivity contribution in [2.24, 2.45) is 0 Å². The van der Waals surface area contributed by atoms with Crippen molar-refractivity contribution in [3.63, 3.8) is 0 Å². The third kappa shape index (κ3) is 2.54. The fourth-order valence-electron chi connectivity index (χ4n) is 1.22. The molecule has 0 spiro atoms. The predicted octanol–water partition coefficient (Wildman–Crippen LogP) is 1.16. The van der Waals surface area contributed by atoms with Crippen molar-refractivity contribution in [3.8, 4) is 0 Å². The van der Waals surface area contributed by atoms with Gasteiger partial charge in [0.2, 0.25) is 5.56 Å². The Kier molecular flexibility index (Phi) is 2.95. The van der Waals surface area contributed by atoms with E-state index in [4.69, 9.17) is 0 Å². The molecule has 0 aliphatic carbocycles. The van der Waals surface area contributed by atoms with Crippen LogP contribution in [-0.4, -0.2) is 15.9 Å². The van der Waals surface area contributed by atoms with Gasteiger partial charge in [0, 0.05) is 18.5 Å². The molecule has 0 aliphatic heterocycles. The number of hydrogen-bond donors (Lipinski definition) is 2. The number of halogens is 1. The zero-order valence-corrected chi connectivity index (χ0v) is 8.61. The first-order valence-corrected chi connectivity index (χ1v) is 4.76. The Morgan fingerprint density at radius 3 is 2.82 bits per heavy atom. The molecule has 2 N–H and O–H groups in total. The number of nitrogens with zero attached hydrogens (tertiary/aromatic N) is 1. The molecule has 86 valence electrons. The molecule has 2 rings (SSSR count). The highest BCUT2D eigenvalue weighted by Gasteiger charge is 2.08. The van der Waals surface area contributed by atoms with E-state index >= 15 is 0 Å². The topological polar surface area (TPSA) is 74.8 Å². The summed E-state index contributed by atoms with van der Waals surface area (Å²) in [6.45, 7) is 0. The zero-order chi connectivity index (χ0) is 12.3. The first-order chi connectivity index (χ1) is 8.16. The lowest BCUT2D eigenvalue weighted by Gasteiger charge is -2.05. The van der Waals surface area contributed by atoms with Crippen molar-refractivity contribution < 1.29 is 9.18 Å². The second-order valence-electron chi connectivity index (χ2n) is 3.25. The van der Waals surface area contributed by atoms with Gasteiger partial charge in [-0.3, -0.25) is 14.6 Å². The normalized spacial score (nSPS) is 9.94. The highest BCUT2D eigenvalue weighted by molar-refractivity contribution is 6.04. The molecule has 1 amide bonds. The van der Waals surface area contributed by atoms with E-state index in [2.05, 4.69) is 15.3 Å². The van der Waals surface area contributed by atoms with Gasteiger partial charge >= 0.3 is 0 Å². The molecule has 0 atom stereocenters. The fourth-order valence-corrected chi connectivity index (χ4v) is 1.22. The molecule has 0 aromatic carbocycles. The van der Waals surface area contributed by atoms with Gasteiger partial charge in [-0.25, -0.2) is 4.39 Å². The van der Waals surface area contributed by atoms with Crippen LogP contribution in [0.25, 0.3) is 0 Å². The Bertz CT molecular complexity index is 589. The molecule has 0 unspecified atom stereocenters. The van der Waals surface area contributed by atoms with Gasteiger partial charge in [0.05, 0.1) is 17.4 Å². The minimum Gasteiger partial charge on any atom is -0.328 e. The lowest BCUT2D eigenvalue weighted by atomic mass is 10.2. The number of carbonyl (C=O) groups excluding carboxylic acids is 1. The van der Waals surface area contributed by atoms with Crippen LogP contribution >= 0.6 is 0 Å². The number of carbonyl (C=O) groups is 1. The summed E-state index contributed by atoms with van der Waals surface area (Å²) in [6, 6.07) is 3.92. The maximum atomic E-state index is 13.2. The summed E-state index contributed by atoms with van der Waals surface area (Å²) in [7, 11) is 0. The van der Waals surface area contributed by atoms with E-state index < -0.39 is 11.7 Å². The van der Waals surface area contributed by atoms with Gasteiger partial charge in [-0.15, -0.1) is 0 Å². The fraction of sp³-hybridized carbons (Fsp3) is 0. The largest absolute Gasteiger partial charge is 0.328 e. The van der Waals surface area contributed by atoms with Crippen LogP contribution in [0, 0.1) is 5.82 Å². The number of amides is 1. The van der Waals surface area contributed by atoms with E-state index in [-0.39, 0.29) is 16.8 Å². The predicted molar refractivity (Wildman–Crippen MR) is 59.2 cm³/mol. The minimum absolute atomic E-state index is 0.0381. The molecule has 0 saturated heterocycles. The Morgan fingerprint density at radius 2 is 2.18 bits per heavy atom. The van der Waals surface area contributed by atoms with Gasteiger partial charge in [0.25, 0.3) is 5.91 Å². The lowest BCUT2D eigenvalue weighted by molar-refractivity contribution is 0.102. The third-order valence-electron chi connectivity index (χ3n) is 2.07. The monoisotopic (exact) mass is 233 g/mol. The molecular weight excluding hydrogens is 225 g/mol. The molecule has 0 bridgehead atoms. The third-order valence-corrected chi connectivity index (χ3v) is 2.07. The number of H-pyrrole nitrogens is 1. The molecule has 5 nitrogen and oxygen atoms in total. The highest BCUT2D eigenvalue weighted by Crippen LogP contribution is 2.11. The summed E-state index contributed by atoms with van der Waals surface area (Å²) < 4.78 is 13.2. The van der Waals surface area contributed by atoms with Gasteiger partial charge in [-0.05, 0) is 12.1 Å². The summed E-state index contributed by atoms with van der Waals surface area (Å²) in [5.41, 5.74) is -0.0337. The van der Waals surface area contributed by atoms with Crippen LogP contribution in [0.15, 0.2) is 41.6 Å². The average molecular weight is 233 g/mol. The van der Waals surface area contributed by atoms with E-state index in [0.29, 0.717) is 0 Å². The van der Waals surface area contributed by atoms with Crippen LogP contribution in [0.5, 0.6) is 0 Å². The van der Waals surface area contributed by atoms with Gasteiger partial charge < -0.3 is 10.3 Å². The van der Waals surface area contributed by atoms with Crippen LogP contribution < -0.4 is 10.9 Å². The van der Waals surface area contributed by atoms with E-state index in [9.17, 15) is 14.0 Å². The number of nitrogens with one attached hydrogen (secondary N) is 2. The zero-order valence-electron chi connectivity index (χ0n) is 8.61. The SMILES string of the molecule is O=C(Nc1ccncc1F)c1ccc(=O)[nH]c1. The molecular formula is C11H8FN3O2. The minimum atomic E-state index is -0.620. The molecule has 0 aliphatic rings. The molecule has 2 aromatic rings. The Hall–Kier alpha value is -2.50. The van der Waals surface area contributed by atoms with E-state index in [1.807, 2.05) is 0 Å². The Balaban J connectivity index is 2.20. The van der Waals surface area contributed by atoms with Crippen molar-refractivity contribution in [1.29, 1.82) is 0 Å². The average Bonchev–Trinajstić information content (AvgIpc) is 2.33. The van der Waals surface area contributed by atoms with Crippen LogP contribution in [0.4, 0.5) is 10.1 Å². The molecule has 2 aromatic heterocycles. The molecule has 0 fully saturated rings. The standard InChI is InChI=1S/C11H8FN3O2/c12-8-6-13-4-3-9(8)15-11(17)7-1-2-10(16)14-5-7/h1-6H,(H,14,16)(H,13,15,17). The number of aromatic nitrogens is 2. The number of hydrogen-bond acceptors (Lipinski definition) is 3. The number of anilines is 1. The maximum Gasteiger partial charge on any atom is 0.257 e. The van der Waals surface area contributed by atoms with E-state index in [1.54, 1.807) is 0 Å². The Labute approximate surface area is 95.3 Å². The van der Waals surface area contributed by atoms with Crippen molar-refractivity contribution in [2.75, 3.05) is 5.32 Å². The molecule has 6 heteroatoms. The number of aromatic amines is 1. The quantitative estimate of drug-likeness (QED) is 0.817. The van der Waals surface area contributed by atoms with Gasteiger partial charge in [-0.1, -0.05) is 0 Å². The van der Waals surface area contributed by atoms with Crippen LogP contribution in [-0.2, 0) is 0 Å². The van der Waals surface area contributed by atoms with Crippen LogP contribution in [0.3, 0.4) is 0 Å². The van der Waals surface area contributed by atoms with Gasteiger partial charge in [0.1, 0.15) is 0 Å². The Morgan fingerprint density at radius 1 is 1.35 bits per heavy atom. The summed E-state index contributed by atoms with van der Waals surface area (Å²) in [5, 5.41) is 2.37. The second kappa shape index (κ2) is 4.56. The first-order valence-electron chi connectivity index (χ1n) is 4.76. The number of rotatable bonds is 2. The van der Waals surface area contributed by atoms with Gasteiger partial charge in [-0.2, -0.15) is 0 Å². The van der Waals surface area contributed by atoms with Gasteiger partial charge in [0.15, 0.2) is 5.82 Å².